The van der Waals surface area contributed by atoms with Gasteiger partial charge in [0.2, 0.25) is 11.8 Å². The number of nitrogens with one attached hydrogen (secondary N) is 2. The summed E-state index contributed by atoms with van der Waals surface area (Å²) >= 11 is 0. The van der Waals surface area contributed by atoms with Crippen LogP contribution in [0.25, 0.3) is 0 Å². The van der Waals surface area contributed by atoms with Crippen LogP contribution in [0.1, 0.15) is 11.1 Å². The largest absolute Gasteiger partial charge is 0.504 e. The van der Waals surface area contributed by atoms with Crippen molar-refractivity contribution in [2.75, 3.05) is 24.9 Å². The van der Waals surface area contributed by atoms with E-state index in [1.54, 1.807) is 84.9 Å². The summed E-state index contributed by atoms with van der Waals surface area (Å²) in [6, 6.07) is 23.7. The topological polar surface area (TPSA) is 126 Å². The molecule has 0 aromatic heterocycles. The molecule has 4 N–H and O–H groups in total. The van der Waals surface area contributed by atoms with Gasteiger partial charge in [-0.2, -0.15) is 0 Å². The van der Waals surface area contributed by atoms with Gasteiger partial charge in [0.1, 0.15) is 11.5 Å². The number of ether oxygens (including phenoxy) is 3. The third-order valence-corrected chi connectivity index (χ3v) is 5.82. The fourth-order valence-corrected chi connectivity index (χ4v) is 3.86. The quantitative estimate of drug-likeness (QED) is 0.221. The molecule has 39 heavy (non-hydrogen) atoms. The van der Waals surface area contributed by atoms with E-state index in [2.05, 4.69) is 10.6 Å². The van der Waals surface area contributed by atoms with Crippen molar-refractivity contribution >= 4 is 23.2 Å². The molecule has 0 unspecified atom stereocenters. The van der Waals surface area contributed by atoms with Crippen molar-refractivity contribution in [3.63, 3.8) is 0 Å². The molecular formula is C30H28N2O7. The highest BCUT2D eigenvalue weighted by atomic mass is 16.5. The second-order valence-corrected chi connectivity index (χ2v) is 8.54. The molecule has 0 spiro atoms. The lowest BCUT2D eigenvalue weighted by Gasteiger charge is -2.11. The maximum atomic E-state index is 12.4. The molecule has 0 saturated heterocycles. The molecule has 0 fully saturated rings. The first-order valence-electron chi connectivity index (χ1n) is 12.0. The van der Waals surface area contributed by atoms with E-state index < -0.39 is 0 Å². The van der Waals surface area contributed by atoms with Gasteiger partial charge in [-0.1, -0.05) is 24.3 Å². The second-order valence-electron chi connectivity index (χ2n) is 8.54. The summed E-state index contributed by atoms with van der Waals surface area (Å²) in [6.07, 6.45) is -0.0181. The summed E-state index contributed by atoms with van der Waals surface area (Å²) in [5.41, 5.74) is 2.08. The van der Waals surface area contributed by atoms with E-state index in [0.29, 0.717) is 45.5 Å². The Morgan fingerprint density at radius 1 is 0.615 bits per heavy atom. The second kappa shape index (κ2) is 12.4. The van der Waals surface area contributed by atoms with E-state index in [9.17, 15) is 19.8 Å². The van der Waals surface area contributed by atoms with Crippen molar-refractivity contribution in [1.29, 1.82) is 0 Å². The third kappa shape index (κ3) is 6.98. The molecule has 4 aromatic carbocycles. The van der Waals surface area contributed by atoms with Crippen LogP contribution in [-0.2, 0) is 22.4 Å². The zero-order chi connectivity index (χ0) is 27.8. The van der Waals surface area contributed by atoms with Crippen LogP contribution < -0.4 is 24.8 Å². The number of hydrogen-bond acceptors (Lipinski definition) is 7. The van der Waals surface area contributed by atoms with Crippen LogP contribution in [0.5, 0.6) is 34.5 Å². The third-order valence-electron chi connectivity index (χ3n) is 5.82. The summed E-state index contributed by atoms with van der Waals surface area (Å²) in [6.45, 7) is 0. The average molecular weight is 529 g/mol. The highest BCUT2D eigenvalue weighted by molar-refractivity contribution is 5.93. The number of methoxy groups -OCH3 is 2. The van der Waals surface area contributed by atoms with Crippen molar-refractivity contribution in [1.82, 2.24) is 0 Å². The number of rotatable bonds is 10. The Bertz CT molecular complexity index is 1340. The Hall–Kier alpha value is -5.18. The molecule has 9 nitrogen and oxygen atoms in total. The number of para-hydroxylation sites is 2. The van der Waals surface area contributed by atoms with Crippen LogP contribution in [0.2, 0.25) is 0 Å². The van der Waals surface area contributed by atoms with Gasteiger partial charge in [0.25, 0.3) is 0 Å². The minimum atomic E-state index is -0.286. The summed E-state index contributed by atoms with van der Waals surface area (Å²) in [5.74, 6) is 1.06. The van der Waals surface area contributed by atoms with Crippen LogP contribution in [0.4, 0.5) is 11.4 Å². The maximum absolute atomic E-state index is 12.4. The zero-order valence-electron chi connectivity index (χ0n) is 21.4. The lowest BCUT2D eigenvalue weighted by Crippen LogP contribution is -2.14. The van der Waals surface area contributed by atoms with Crippen molar-refractivity contribution in [2.45, 2.75) is 12.8 Å². The summed E-state index contributed by atoms with van der Waals surface area (Å²) in [7, 11) is 2.90. The lowest BCUT2D eigenvalue weighted by molar-refractivity contribution is -0.116. The minimum absolute atomic E-state index is 0.00905. The highest BCUT2D eigenvalue weighted by Gasteiger charge is 2.13. The molecule has 2 amide bonds. The molecule has 0 radical (unpaired) electrons. The van der Waals surface area contributed by atoms with Gasteiger partial charge in [0.15, 0.2) is 23.0 Å². The molecule has 0 aliphatic carbocycles. The van der Waals surface area contributed by atoms with Crippen molar-refractivity contribution in [3.05, 3.63) is 96.1 Å². The van der Waals surface area contributed by atoms with Crippen molar-refractivity contribution in [3.8, 4) is 34.5 Å². The first-order valence-corrected chi connectivity index (χ1v) is 12.0. The van der Waals surface area contributed by atoms with Crippen LogP contribution in [-0.4, -0.2) is 36.2 Å². The monoisotopic (exact) mass is 528 g/mol. The predicted molar refractivity (Wildman–Crippen MR) is 147 cm³/mol. The van der Waals surface area contributed by atoms with Gasteiger partial charge in [-0.15, -0.1) is 0 Å². The summed E-state index contributed by atoms with van der Waals surface area (Å²) in [5, 5.41) is 25.9. The van der Waals surface area contributed by atoms with Crippen molar-refractivity contribution in [2.24, 2.45) is 0 Å². The molecule has 4 rings (SSSR count). The van der Waals surface area contributed by atoms with Crippen LogP contribution in [0, 0.1) is 0 Å². The summed E-state index contributed by atoms with van der Waals surface area (Å²) < 4.78 is 16.0. The van der Waals surface area contributed by atoms with Crippen LogP contribution in [0.3, 0.4) is 0 Å². The number of anilines is 2. The molecule has 200 valence electrons. The van der Waals surface area contributed by atoms with Gasteiger partial charge < -0.3 is 35.1 Å². The fraction of sp³-hybridized carbons (Fsp3) is 0.133. The molecule has 0 aliphatic rings. The Balaban J connectivity index is 1.29. The van der Waals surface area contributed by atoms with E-state index in [1.165, 1.54) is 14.2 Å². The van der Waals surface area contributed by atoms with Gasteiger partial charge >= 0.3 is 0 Å². The molecule has 4 aromatic rings. The standard InChI is InChI=1S/C30H28N2O7/c1-37-25-7-3-5-19(29(25)35)17-27(33)31-21-9-13-23(14-10-21)39-24-15-11-22(12-16-24)32-28(34)18-20-6-4-8-26(38-2)30(20)36/h3-16,35-36H,17-18H2,1-2H3,(H,31,33)(H,32,34). The van der Waals surface area contributed by atoms with Gasteiger partial charge in [-0.3, -0.25) is 9.59 Å². The number of carbonyl (C=O) groups excluding carboxylic acids is 2. The predicted octanol–water partition coefficient (Wildman–Crippen LogP) is 5.27. The minimum Gasteiger partial charge on any atom is -0.504 e. The SMILES string of the molecule is COc1cccc(CC(=O)Nc2ccc(Oc3ccc(NC(=O)Cc4cccc(OC)c4O)cc3)cc2)c1O. The first-order chi connectivity index (χ1) is 18.9. The van der Waals surface area contributed by atoms with E-state index in [0.717, 1.165) is 0 Å². The molecule has 0 aliphatic heterocycles. The number of carbonyl (C=O) groups is 2. The Labute approximate surface area is 225 Å². The first kappa shape index (κ1) is 26.9. The molecule has 9 heteroatoms. The Morgan fingerprint density at radius 3 is 1.36 bits per heavy atom. The fourth-order valence-electron chi connectivity index (χ4n) is 3.86. The zero-order valence-corrected chi connectivity index (χ0v) is 21.4. The van der Waals surface area contributed by atoms with Gasteiger partial charge in [-0.25, -0.2) is 0 Å². The van der Waals surface area contributed by atoms with E-state index >= 15 is 0 Å². The van der Waals surface area contributed by atoms with Crippen LogP contribution >= 0.6 is 0 Å². The lowest BCUT2D eigenvalue weighted by atomic mass is 10.1. The highest BCUT2D eigenvalue weighted by Crippen LogP contribution is 2.31. The molecular weight excluding hydrogens is 500 g/mol. The molecule has 0 bridgehead atoms. The number of phenols is 2. The number of hydrogen-bond donors (Lipinski definition) is 4. The number of phenolic OH excluding ortho intramolecular Hbond substituents is 2. The normalized spacial score (nSPS) is 10.4. The van der Waals surface area contributed by atoms with E-state index in [4.69, 9.17) is 14.2 Å². The number of aromatic hydroxyl groups is 2. The van der Waals surface area contributed by atoms with E-state index in [1.807, 2.05) is 0 Å². The van der Waals surface area contributed by atoms with Gasteiger partial charge in [0.05, 0.1) is 27.1 Å². The van der Waals surface area contributed by atoms with Crippen molar-refractivity contribution < 1.29 is 34.0 Å². The maximum Gasteiger partial charge on any atom is 0.228 e. The molecule has 0 saturated carbocycles. The average Bonchev–Trinajstić information content (AvgIpc) is 2.93. The van der Waals surface area contributed by atoms with Crippen LogP contribution in [0.15, 0.2) is 84.9 Å². The Morgan fingerprint density at radius 2 is 1.00 bits per heavy atom. The van der Waals surface area contributed by atoms with Gasteiger partial charge in [0, 0.05) is 22.5 Å². The molecule has 0 heterocycles. The summed E-state index contributed by atoms with van der Waals surface area (Å²) in [4.78, 5) is 24.8. The Kier molecular flexibility index (Phi) is 8.53. The van der Waals surface area contributed by atoms with Gasteiger partial charge in [-0.05, 0) is 60.7 Å². The smallest absolute Gasteiger partial charge is 0.228 e. The number of benzene rings is 4. The van der Waals surface area contributed by atoms with E-state index in [-0.39, 0.29) is 36.2 Å². The molecule has 0 atom stereocenters. The number of amides is 2.